The molecule has 0 aliphatic heterocycles. The lowest BCUT2D eigenvalue weighted by Gasteiger charge is -2.53. The van der Waals surface area contributed by atoms with Gasteiger partial charge in [-0.2, -0.15) is 0 Å². The quantitative estimate of drug-likeness (QED) is 0.173. The molecule has 3 aliphatic rings. The van der Waals surface area contributed by atoms with E-state index in [-0.39, 0.29) is 17.0 Å². The summed E-state index contributed by atoms with van der Waals surface area (Å²) in [5.74, 6) is 3.44. The molecule has 2 bridgehead atoms. The van der Waals surface area contributed by atoms with Gasteiger partial charge in [0.05, 0.1) is 25.3 Å². The first-order valence-electron chi connectivity index (χ1n) is 16.8. The normalized spacial score (nSPS) is 21.0. The molecule has 46 heavy (non-hydrogen) atoms. The van der Waals surface area contributed by atoms with Crippen LogP contribution in [0.1, 0.15) is 90.4 Å². The Morgan fingerprint density at radius 2 is 1.72 bits per heavy atom. The number of methoxy groups -OCH3 is 2. The van der Waals surface area contributed by atoms with Gasteiger partial charge in [0.15, 0.2) is 5.82 Å². The zero-order valence-electron chi connectivity index (χ0n) is 28.3. The summed E-state index contributed by atoms with van der Waals surface area (Å²) < 4.78 is 19.2. The SMILES string of the molecule is CCCCc1nc2c(NCc3ccc(OC)cc3OC)nc3ccccc3c2n1CC12CCC(NC(=O)OC(C)(C)C)(CC1)CC2. The van der Waals surface area contributed by atoms with Crippen LogP contribution in [0.4, 0.5) is 10.6 Å². The highest BCUT2D eigenvalue weighted by Gasteiger charge is 2.50. The highest BCUT2D eigenvalue weighted by molar-refractivity contribution is 6.07. The van der Waals surface area contributed by atoms with Gasteiger partial charge in [0.1, 0.15) is 28.4 Å². The number of imidazole rings is 1. The van der Waals surface area contributed by atoms with Crippen molar-refractivity contribution >= 4 is 33.8 Å². The number of carbonyl (C=O) groups excluding carboxylic acids is 1. The molecule has 3 saturated carbocycles. The number of hydrogen-bond donors (Lipinski definition) is 2. The summed E-state index contributed by atoms with van der Waals surface area (Å²) in [7, 11) is 3.34. The third-order valence-corrected chi connectivity index (χ3v) is 10.0. The monoisotopic (exact) mass is 627 g/mol. The fourth-order valence-corrected chi connectivity index (χ4v) is 7.42. The smallest absolute Gasteiger partial charge is 0.408 e. The van der Waals surface area contributed by atoms with Crippen molar-refractivity contribution < 1.29 is 19.0 Å². The van der Waals surface area contributed by atoms with Gasteiger partial charge < -0.3 is 29.4 Å². The predicted octanol–water partition coefficient (Wildman–Crippen LogP) is 8.17. The van der Waals surface area contributed by atoms with E-state index in [1.807, 2.05) is 45.0 Å². The van der Waals surface area contributed by atoms with Gasteiger partial charge in [-0.25, -0.2) is 14.8 Å². The van der Waals surface area contributed by atoms with Crippen molar-refractivity contribution in [3.63, 3.8) is 0 Å². The molecule has 2 heterocycles. The Balaban J connectivity index is 1.33. The number of rotatable bonds is 11. The van der Waals surface area contributed by atoms with E-state index >= 15 is 0 Å². The molecule has 3 aliphatic carbocycles. The second-order valence-corrected chi connectivity index (χ2v) is 14.3. The molecule has 2 N–H and O–H groups in total. The minimum Gasteiger partial charge on any atom is -0.497 e. The van der Waals surface area contributed by atoms with Gasteiger partial charge in [0, 0.05) is 42.1 Å². The molecule has 2 aromatic heterocycles. The minimum atomic E-state index is -0.503. The fourth-order valence-electron chi connectivity index (χ4n) is 7.42. The molecule has 9 heteroatoms. The topological polar surface area (TPSA) is 99.5 Å². The van der Waals surface area contributed by atoms with E-state index in [0.717, 1.165) is 115 Å². The summed E-state index contributed by atoms with van der Waals surface area (Å²) in [5, 5.41) is 8.03. The molecule has 3 fully saturated rings. The average Bonchev–Trinajstić information content (AvgIpc) is 3.40. The van der Waals surface area contributed by atoms with Crippen LogP contribution in [0, 0.1) is 5.41 Å². The Kier molecular flexibility index (Phi) is 8.79. The van der Waals surface area contributed by atoms with Gasteiger partial charge in [0.25, 0.3) is 0 Å². The highest BCUT2D eigenvalue weighted by atomic mass is 16.6. The number of amides is 1. The van der Waals surface area contributed by atoms with E-state index in [1.165, 1.54) is 0 Å². The third-order valence-electron chi connectivity index (χ3n) is 10.0. The number of aromatic nitrogens is 3. The summed E-state index contributed by atoms with van der Waals surface area (Å²) >= 11 is 0. The van der Waals surface area contributed by atoms with Crippen LogP contribution in [-0.4, -0.2) is 46.0 Å². The van der Waals surface area contributed by atoms with Crippen molar-refractivity contribution in [2.75, 3.05) is 19.5 Å². The number of anilines is 1. The van der Waals surface area contributed by atoms with E-state index in [4.69, 9.17) is 24.2 Å². The number of benzene rings is 2. The van der Waals surface area contributed by atoms with Gasteiger partial charge in [-0.3, -0.25) is 0 Å². The van der Waals surface area contributed by atoms with E-state index in [0.29, 0.717) is 6.54 Å². The molecule has 0 radical (unpaired) electrons. The number of alkyl carbamates (subject to hydrolysis) is 1. The maximum Gasteiger partial charge on any atom is 0.408 e. The fraction of sp³-hybridized carbons (Fsp3) is 0.541. The Morgan fingerprint density at radius 3 is 2.39 bits per heavy atom. The van der Waals surface area contributed by atoms with Crippen LogP contribution in [0.5, 0.6) is 11.5 Å². The molecule has 0 saturated heterocycles. The lowest BCUT2D eigenvalue weighted by atomic mass is 9.57. The van der Waals surface area contributed by atoms with Crippen LogP contribution in [0.3, 0.4) is 0 Å². The van der Waals surface area contributed by atoms with Crippen LogP contribution < -0.4 is 20.1 Å². The first kappa shape index (κ1) is 32.0. The van der Waals surface area contributed by atoms with Crippen molar-refractivity contribution in [2.24, 2.45) is 5.41 Å². The van der Waals surface area contributed by atoms with Crippen molar-refractivity contribution in [3.8, 4) is 11.5 Å². The second-order valence-electron chi connectivity index (χ2n) is 14.3. The van der Waals surface area contributed by atoms with Gasteiger partial charge in [-0.15, -0.1) is 0 Å². The molecule has 246 valence electrons. The van der Waals surface area contributed by atoms with Crippen LogP contribution in [0.2, 0.25) is 0 Å². The number of aryl methyl sites for hydroxylation is 1. The summed E-state index contributed by atoms with van der Waals surface area (Å²) in [6.07, 6.45) is 8.95. The Morgan fingerprint density at radius 1 is 0.978 bits per heavy atom. The molecule has 9 nitrogen and oxygen atoms in total. The van der Waals surface area contributed by atoms with E-state index in [2.05, 4.69) is 40.3 Å². The minimum absolute atomic E-state index is 0.164. The van der Waals surface area contributed by atoms with E-state index < -0.39 is 5.60 Å². The Hall–Kier alpha value is -4.01. The lowest BCUT2D eigenvalue weighted by molar-refractivity contribution is -0.00300. The maximum absolute atomic E-state index is 12.7. The molecule has 0 atom stereocenters. The number of carbonyl (C=O) groups is 1. The number of pyridine rings is 1. The first-order valence-corrected chi connectivity index (χ1v) is 16.8. The summed E-state index contributed by atoms with van der Waals surface area (Å²) in [6, 6.07) is 14.3. The summed E-state index contributed by atoms with van der Waals surface area (Å²) in [6.45, 7) is 9.44. The number of ether oxygens (including phenoxy) is 3. The molecule has 0 spiro atoms. The zero-order chi connectivity index (χ0) is 32.5. The molecular weight excluding hydrogens is 578 g/mol. The largest absolute Gasteiger partial charge is 0.497 e. The maximum atomic E-state index is 12.7. The first-order chi connectivity index (χ1) is 22.1. The van der Waals surface area contributed by atoms with Crippen molar-refractivity contribution in [3.05, 3.63) is 53.9 Å². The van der Waals surface area contributed by atoms with Crippen molar-refractivity contribution in [1.82, 2.24) is 19.9 Å². The van der Waals surface area contributed by atoms with Crippen LogP contribution in [-0.2, 0) is 24.2 Å². The predicted molar refractivity (Wildman–Crippen MR) is 183 cm³/mol. The number of unbranched alkanes of at least 4 members (excludes halogenated alkanes) is 1. The summed E-state index contributed by atoms with van der Waals surface area (Å²) in [4.78, 5) is 23.1. The van der Waals surface area contributed by atoms with Crippen molar-refractivity contribution in [1.29, 1.82) is 0 Å². The molecule has 4 aromatic rings. The van der Waals surface area contributed by atoms with Crippen LogP contribution >= 0.6 is 0 Å². The summed E-state index contributed by atoms with van der Waals surface area (Å²) in [5.41, 5.74) is 3.54. The standard InChI is InChI=1S/C37H49N5O4/c1-7-8-13-30-40-31-32(42(30)24-36-16-19-37(20-17-36,21-18-36)41-34(43)46-35(2,3)4)27-11-9-10-12-28(27)39-33(31)38-23-25-14-15-26(44-5)22-29(25)45-6/h9-12,14-15,22H,7-8,13,16-21,23-24H2,1-6H3,(H,38,39)(H,41,43). The van der Waals surface area contributed by atoms with Gasteiger partial charge in [-0.05, 0) is 89.3 Å². The van der Waals surface area contributed by atoms with Gasteiger partial charge in [-0.1, -0.05) is 31.5 Å². The molecule has 1 amide bonds. The van der Waals surface area contributed by atoms with Crippen LogP contribution in [0.25, 0.3) is 21.9 Å². The zero-order valence-corrected chi connectivity index (χ0v) is 28.3. The third kappa shape index (κ3) is 6.46. The number of hydrogen-bond acceptors (Lipinski definition) is 7. The van der Waals surface area contributed by atoms with Gasteiger partial charge in [0.2, 0.25) is 0 Å². The Labute approximate surface area is 272 Å². The second kappa shape index (κ2) is 12.6. The number of fused-ring (bicyclic) bond motifs is 6. The molecule has 7 rings (SSSR count). The average molecular weight is 628 g/mol. The molecule has 2 aromatic carbocycles. The van der Waals surface area contributed by atoms with Crippen LogP contribution in [0.15, 0.2) is 42.5 Å². The van der Waals surface area contributed by atoms with Gasteiger partial charge >= 0.3 is 6.09 Å². The molecule has 0 unspecified atom stereocenters. The van der Waals surface area contributed by atoms with E-state index in [9.17, 15) is 4.79 Å². The highest BCUT2D eigenvalue weighted by Crippen LogP contribution is 2.54. The number of nitrogens with one attached hydrogen (secondary N) is 2. The van der Waals surface area contributed by atoms with E-state index in [1.54, 1.807) is 14.2 Å². The van der Waals surface area contributed by atoms with Crippen molar-refractivity contribution in [2.45, 2.75) is 110 Å². The lowest BCUT2D eigenvalue weighted by Crippen LogP contribution is -2.58. The Bertz CT molecular complexity index is 1700. The number of para-hydroxylation sites is 1. The number of nitrogens with zero attached hydrogens (tertiary/aromatic N) is 3. The molecular formula is C37H49N5O4.